The Hall–Kier alpha value is -1.40. The minimum atomic E-state index is -3.61. The zero-order valence-corrected chi connectivity index (χ0v) is 9.90. The Kier molecular flexibility index (Phi) is 4.03. The summed E-state index contributed by atoms with van der Waals surface area (Å²) in [6.07, 6.45) is 0. The molecule has 6 heteroatoms. The molecular formula is C10H13NO4S. The highest BCUT2D eigenvalue weighted by atomic mass is 32.2. The number of hydrogen-bond donors (Lipinski definition) is 0. The van der Waals surface area contributed by atoms with Crippen LogP contribution >= 0.6 is 0 Å². The normalized spacial score (nSPS) is 11.4. The van der Waals surface area contributed by atoms with Crippen LogP contribution in [0.3, 0.4) is 0 Å². The topological polar surface area (TPSA) is 63.7 Å². The molecule has 0 amide bonds. The molecule has 0 N–H and O–H groups in total. The molecule has 0 aliphatic carbocycles. The number of nitrogens with zero attached hydrogens (tertiary/aromatic N) is 1. The van der Waals surface area contributed by atoms with Gasteiger partial charge in [0.25, 0.3) is 0 Å². The molecule has 0 aliphatic rings. The number of likely N-dealkylation sites (N-methyl/N-ethyl adjacent to an activating group) is 1. The number of ether oxygens (including phenoxy) is 1. The Morgan fingerprint density at radius 3 is 2.38 bits per heavy atom. The number of benzene rings is 1. The van der Waals surface area contributed by atoms with Crippen molar-refractivity contribution < 1.29 is 17.9 Å². The van der Waals surface area contributed by atoms with Gasteiger partial charge in [-0.1, -0.05) is 18.2 Å². The van der Waals surface area contributed by atoms with E-state index in [-0.39, 0.29) is 11.4 Å². The maximum atomic E-state index is 11.9. The number of sulfonamides is 1. The van der Waals surface area contributed by atoms with Gasteiger partial charge < -0.3 is 4.74 Å². The molecule has 1 aromatic rings. The average molecular weight is 243 g/mol. The highest BCUT2D eigenvalue weighted by Crippen LogP contribution is 2.12. The molecule has 0 fully saturated rings. The van der Waals surface area contributed by atoms with Gasteiger partial charge in [0.05, 0.1) is 12.0 Å². The summed E-state index contributed by atoms with van der Waals surface area (Å²) in [5.74, 6) is -0.595. The van der Waals surface area contributed by atoms with Gasteiger partial charge >= 0.3 is 5.97 Å². The third-order valence-corrected chi connectivity index (χ3v) is 3.85. The lowest BCUT2D eigenvalue weighted by atomic mass is 10.4. The van der Waals surface area contributed by atoms with E-state index in [0.29, 0.717) is 0 Å². The fourth-order valence-electron chi connectivity index (χ4n) is 1.10. The van der Waals surface area contributed by atoms with Crippen molar-refractivity contribution in [1.29, 1.82) is 0 Å². The molecule has 16 heavy (non-hydrogen) atoms. The molecule has 0 spiro atoms. The summed E-state index contributed by atoms with van der Waals surface area (Å²) in [6.45, 7) is -0.298. The first-order valence-corrected chi connectivity index (χ1v) is 6.00. The quantitative estimate of drug-likeness (QED) is 0.721. The minimum Gasteiger partial charge on any atom is -0.468 e. The molecule has 5 nitrogen and oxygen atoms in total. The second kappa shape index (κ2) is 5.09. The van der Waals surface area contributed by atoms with Crippen molar-refractivity contribution in [3.63, 3.8) is 0 Å². The van der Waals surface area contributed by atoms with E-state index in [4.69, 9.17) is 0 Å². The van der Waals surface area contributed by atoms with Gasteiger partial charge in [0.2, 0.25) is 10.0 Å². The minimum absolute atomic E-state index is 0.154. The van der Waals surface area contributed by atoms with Gasteiger partial charge in [-0.15, -0.1) is 0 Å². The van der Waals surface area contributed by atoms with Crippen molar-refractivity contribution in [3.05, 3.63) is 30.3 Å². The predicted molar refractivity (Wildman–Crippen MR) is 58.3 cm³/mol. The highest BCUT2D eigenvalue weighted by molar-refractivity contribution is 7.89. The molecule has 0 bridgehead atoms. The molecule has 0 saturated carbocycles. The van der Waals surface area contributed by atoms with E-state index >= 15 is 0 Å². The Bertz CT molecular complexity index is 455. The Balaban J connectivity index is 2.91. The molecule has 0 atom stereocenters. The van der Waals surface area contributed by atoms with E-state index in [9.17, 15) is 13.2 Å². The van der Waals surface area contributed by atoms with E-state index in [1.807, 2.05) is 0 Å². The zero-order chi connectivity index (χ0) is 12.2. The van der Waals surface area contributed by atoms with E-state index in [1.165, 1.54) is 26.3 Å². The van der Waals surface area contributed by atoms with Gasteiger partial charge in [-0.2, -0.15) is 4.31 Å². The maximum Gasteiger partial charge on any atom is 0.321 e. The second-order valence-electron chi connectivity index (χ2n) is 3.15. The van der Waals surface area contributed by atoms with Crippen LogP contribution in [0.1, 0.15) is 0 Å². The van der Waals surface area contributed by atoms with Crippen LogP contribution in [0.15, 0.2) is 35.2 Å². The number of hydrogen-bond acceptors (Lipinski definition) is 4. The summed E-state index contributed by atoms with van der Waals surface area (Å²) in [7, 11) is -1.07. The molecule has 1 aromatic carbocycles. The van der Waals surface area contributed by atoms with E-state index in [2.05, 4.69) is 4.74 Å². The van der Waals surface area contributed by atoms with Gasteiger partial charge in [-0.25, -0.2) is 8.42 Å². The highest BCUT2D eigenvalue weighted by Gasteiger charge is 2.22. The van der Waals surface area contributed by atoms with Crippen LogP contribution in [-0.4, -0.2) is 39.4 Å². The first-order valence-electron chi connectivity index (χ1n) is 4.56. The maximum absolute atomic E-state index is 11.9. The molecule has 0 radical (unpaired) electrons. The third-order valence-electron chi connectivity index (χ3n) is 2.03. The van der Waals surface area contributed by atoms with E-state index < -0.39 is 16.0 Å². The fraction of sp³-hybridized carbons (Fsp3) is 0.300. The van der Waals surface area contributed by atoms with Crippen LogP contribution in [0.2, 0.25) is 0 Å². The summed E-state index contributed by atoms with van der Waals surface area (Å²) in [4.78, 5) is 11.1. The Morgan fingerprint density at radius 2 is 1.88 bits per heavy atom. The zero-order valence-electron chi connectivity index (χ0n) is 9.08. The SMILES string of the molecule is COC(=O)CN(C)S(=O)(=O)c1ccccc1. The lowest BCUT2D eigenvalue weighted by Crippen LogP contribution is -2.32. The van der Waals surface area contributed by atoms with Crippen molar-refractivity contribution in [2.45, 2.75) is 4.90 Å². The van der Waals surface area contributed by atoms with E-state index in [1.54, 1.807) is 18.2 Å². The van der Waals surface area contributed by atoms with Gasteiger partial charge in [0.1, 0.15) is 6.54 Å². The van der Waals surface area contributed by atoms with Crippen molar-refractivity contribution >= 4 is 16.0 Å². The first-order chi connectivity index (χ1) is 7.48. The number of carbonyl (C=O) groups excluding carboxylic acids is 1. The molecular weight excluding hydrogens is 230 g/mol. The van der Waals surface area contributed by atoms with Crippen LogP contribution in [-0.2, 0) is 19.6 Å². The van der Waals surface area contributed by atoms with Crippen molar-refractivity contribution in [1.82, 2.24) is 4.31 Å². The fourth-order valence-corrected chi connectivity index (χ4v) is 2.24. The molecule has 0 heterocycles. The number of rotatable bonds is 4. The molecule has 1 rings (SSSR count). The summed E-state index contributed by atoms with van der Waals surface area (Å²) < 4.78 is 29.2. The van der Waals surface area contributed by atoms with Crippen LogP contribution in [0.4, 0.5) is 0 Å². The average Bonchev–Trinajstić information content (AvgIpc) is 2.29. The lowest BCUT2D eigenvalue weighted by molar-refractivity contribution is -0.140. The lowest BCUT2D eigenvalue weighted by Gasteiger charge is -2.15. The van der Waals surface area contributed by atoms with Crippen LogP contribution in [0.25, 0.3) is 0 Å². The molecule has 0 aromatic heterocycles. The van der Waals surface area contributed by atoms with Crippen LogP contribution < -0.4 is 0 Å². The molecule has 0 aliphatic heterocycles. The van der Waals surface area contributed by atoms with Crippen LogP contribution in [0, 0.1) is 0 Å². The summed E-state index contributed by atoms with van der Waals surface area (Å²) in [5.41, 5.74) is 0. The van der Waals surface area contributed by atoms with Gasteiger partial charge in [-0.05, 0) is 12.1 Å². The largest absolute Gasteiger partial charge is 0.468 e. The Labute approximate surface area is 94.7 Å². The number of methoxy groups -OCH3 is 1. The predicted octanol–water partition coefficient (Wildman–Crippen LogP) is 0.480. The van der Waals surface area contributed by atoms with Gasteiger partial charge in [-0.3, -0.25) is 4.79 Å². The summed E-state index contributed by atoms with van der Waals surface area (Å²) >= 11 is 0. The third kappa shape index (κ3) is 2.80. The monoisotopic (exact) mass is 243 g/mol. The van der Waals surface area contributed by atoms with Gasteiger partial charge in [0, 0.05) is 7.05 Å². The van der Waals surface area contributed by atoms with Crippen molar-refractivity contribution in [3.8, 4) is 0 Å². The smallest absolute Gasteiger partial charge is 0.321 e. The molecule has 0 unspecified atom stereocenters. The number of esters is 1. The van der Waals surface area contributed by atoms with Crippen molar-refractivity contribution in [2.75, 3.05) is 20.7 Å². The molecule has 88 valence electrons. The van der Waals surface area contributed by atoms with Crippen molar-refractivity contribution in [2.24, 2.45) is 0 Å². The molecule has 0 saturated heterocycles. The summed E-state index contributed by atoms with van der Waals surface area (Å²) in [5, 5.41) is 0. The second-order valence-corrected chi connectivity index (χ2v) is 5.20. The number of carbonyl (C=O) groups is 1. The standard InChI is InChI=1S/C10H13NO4S/c1-11(8-10(12)15-2)16(13,14)9-6-4-3-5-7-9/h3-7H,8H2,1-2H3. The van der Waals surface area contributed by atoms with E-state index in [0.717, 1.165) is 4.31 Å². The first kappa shape index (κ1) is 12.7. The van der Waals surface area contributed by atoms with Gasteiger partial charge in [0.15, 0.2) is 0 Å². The van der Waals surface area contributed by atoms with Crippen LogP contribution in [0.5, 0.6) is 0 Å². The summed E-state index contributed by atoms with van der Waals surface area (Å²) in [6, 6.07) is 7.92. The Morgan fingerprint density at radius 1 is 1.31 bits per heavy atom.